The monoisotopic (exact) mass is 258 g/mol. The lowest BCUT2D eigenvalue weighted by molar-refractivity contribution is 0.403. The highest BCUT2D eigenvalue weighted by atomic mass is 35.5. The maximum atomic E-state index is 13.4. The summed E-state index contributed by atoms with van der Waals surface area (Å²) in [6, 6.07) is 2.97. The van der Waals surface area contributed by atoms with Crippen LogP contribution in [0.15, 0.2) is 12.1 Å². The molecule has 5 heteroatoms. The second-order valence-corrected chi connectivity index (χ2v) is 5.51. The predicted molar refractivity (Wildman–Crippen MR) is 67.1 cm³/mol. The molecule has 2 nitrogen and oxygen atoms in total. The van der Waals surface area contributed by atoms with Crippen LogP contribution in [0, 0.1) is 10.6 Å². The highest BCUT2D eigenvalue weighted by molar-refractivity contribution is 7.71. The number of aromatic nitrogens is 2. The number of nitrogens with one attached hydrogen (secondary N) is 1. The lowest BCUT2D eigenvalue weighted by Crippen LogP contribution is -2.21. The van der Waals surface area contributed by atoms with Crippen molar-refractivity contribution in [1.82, 2.24) is 9.55 Å². The Bertz CT molecular complexity index is 607. The zero-order chi connectivity index (χ0) is 12.1. The Labute approximate surface area is 103 Å². The quantitative estimate of drug-likeness (QED) is 0.701. The topological polar surface area (TPSA) is 20.7 Å². The molecule has 16 heavy (non-hydrogen) atoms. The summed E-state index contributed by atoms with van der Waals surface area (Å²) >= 11 is 11.0. The Balaban J connectivity index is 2.90. The highest BCUT2D eigenvalue weighted by Gasteiger charge is 2.18. The van der Waals surface area contributed by atoms with Gasteiger partial charge in [0, 0.05) is 11.6 Å². The van der Waals surface area contributed by atoms with Gasteiger partial charge in [-0.2, -0.15) is 0 Å². The van der Waals surface area contributed by atoms with E-state index in [1.165, 1.54) is 6.07 Å². The van der Waals surface area contributed by atoms with Gasteiger partial charge in [-0.15, -0.1) is 0 Å². The second-order valence-electron chi connectivity index (χ2n) is 4.72. The van der Waals surface area contributed by atoms with E-state index in [9.17, 15) is 4.39 Å². The summed E-state index contributed by atoms with van der Waals surface area (Å²) in [5.74, 6) is -0.429. The molecule has 0 radical (unpaired) electrons. The fourth-order valence-corrected chi connectivity index (χ4v) is 2.41. The smallest absolute Gasteiger partial charge is 0.178 e. The molecule has 0 unspecified atom stereocenters. The summed E-state index contributed by atoms with van der Waals surface area (Å²) in [7, 11) is 0. The molecule has 0 aliphatic carbocycles. The van der Waals surface area contributed by atoms with E-state index in [4.69, 9.17) is 23.8 Å². The van der Waals surface area contributed by atoms with Gasteiger partial charge in [-0.3, -0.25) is 0 Å². The molecule has 1 heterocycles. The van der Waals surface area contributed by atoms with Crippen LogP contribution in [0.25, 0.3) is 11.0 Å². The Morgan fingerprint density at radius 3 is 2.56 bits per heavy atom. The first-order valence-corrected chi connectivity index (χ1v) is 5.69. The first-order chi connectivity index (χ1) is 7.30. The number of benzene rings is 1. The van der Waals surface area contributed by atoms with Crippen LogP contribution in [0.5, 0.6) is 0 Å². The van der Waals surface area contributed by atoms with Crippen molar-refractivity contribution >= 4 is 34.9 Å². The number of rotatable bonds is 0. The molecular weight excluding hydrogens is 247 g/mol. The van der Waals surface area contributed by atoms with Crippen molar-refractivity contribution in [3.8, 4) is 0 Å². The van der Waals surface area contributed by atoms with Gasteiger partial charge in [0.05, 0.1) is 16.1 Å². The molecule has 1 N–H and O–H groups in total. The Morgan fingerprint density at radius 1 is 1.38 bits per heavy atom. The predicted octanol–water partition coefficient (Wildman–Crippen LogP) is 4.25. The van der Waals surface area contributed by atoms with E-state index >= 15 is 0 Å². The fourth-order valence-electron chi connectivity index (χ4n) is 1.77. The summed E-state index contributed by atoms with van der Waals surface area (Å²) < 4.78 is 15.9. The van der Waals surface area contributed by atoms with Crippen molar-refractivity contribution in [2.24, 2.45) is 0 Å². The minimum absolute atomic E-state index is 0.102. The maximum Gasteiger partial charge on any atom is 0.178 e. The van der Waals surface area contributed by atoms with Gasteiger partial charge in [-0.1, -0.05) is 11.6 Å². The Morgan fingerprint density at radius 2 is 2.00 bits per heavy atom. The second kappa shape index (κ2) is 3.57. The van der Waals surface area contributed by atoms with Crippen molar-refractivity contribution in [3.63, 3.8) is 0 Å². The van der Waals surface area contributed by atoms with E-state index in [-0.39, 0.29) is 10.6 Å². The molecule has 0 bridgehead atoms. The van der Waals surface area contributed by atoms with Crippen molar-refractivity contribution in [2.45, 2.75) is 26.3 Å². The van der Waals surface area contributed by atoms with E-state index in [0.717, 1.165) is 11.0 Å². The minimum Gasteiger partial charge on any atom is -0.331 e. The molecule has 0 atom stereocenters. The molecule has 0 saturated carbocycles. The van der Waals surface area contributed by atoms with Crippen molar-refractivity contribution in [3.05, 3.63) is 27.7 Å². The number of H-pyrrole nitrogens is 1. The van der Waals surface area contributed by atoms with Crippen LogP contribution in [0.1, 0.15) is 20.8 Å². The van der Waals surface area contributed by atoms with Crippen LogP contribution < -0.4 is 0 Å². The molecule has 0 saturated heterocycles. The number of hydrogen-bond acceptors (Lipinski definition) is 1. The molecule has 2 rings (SSSR count). The summed E-state index contributed by atoms with van der Waals surface area (Å²) in [4.78, 5) is 3.03. The molecule has 1 aromatic heterocycles. The number of halogens is 2. The molecule has 86 valence electrons. The molecule has 1 aromatic carbocycles. The Kier molecular flexibility index (Phi) is 2.59. The third-order valence-corrected chi connectivity index (χ3v) is 2.97. The summed E-state index contributed by atoms with van der Waals surface area (Å²) in [5, 5.41) is 0.102. The number of fused-ring (bicyclic) bond motifs is 1. The third kappa shape index (κ3) is 1.76. The molecule has 0 fully saturated rings. The standard InChI is InChI=1S/C11H12ClFN2S/c1-11(2,3)15-9-5-7(13)6(12)4-8(9)14-10(15)16/h4-5H,1-3H3,(H,14,16). The lowest BCUT2D eigenvalue weighted by Gasteiger charge is -2.21. The number of imidazole rings is 1. The highest BCUT2D eigenvalue weighted by Crippen LogP contribution is 2.27. The summed E-state index contributed by atoms with van der Waals surface area (Å²) in [6.07, 6.45) is 0. The Hall–Kier alpha value is -0.870. The number of hydrogen-bond donors (Lipinski definition) is 1. The van der Waals surface area contributed by atoms with Crippen molar-refractivity contribution in [2.75, 3.05) is 0 Å². The molecule has 0 aliphatic rings. The van der Waals surface area contributed by atoms with Gasteiger partial charge in [0.1, 0.15) is 5.82 Å². The van der Waals surface area contributed by atoms with Crippen molar-refractivity contribution < 1.29 is 4.39 Å². The molecule has 0 aliphatic heterocycles. The van der Waals surface area contributed by atoms with E-state index in [0.29, 0.717) is 4.77 Å². The number of aromatic amines is 1. The zero-order valence-electron chi connectivity index (χ0n) is 9.27. The number of nitrogens with zero attached hydrogens (tertiary/aromatic N) is 1. The SMILES string of the molecule is CC(C)(C)n1c(=S)[nH]c2cc(Cl)c(F)cc21. The van der Waals surface area contributed by atoms with Gasteiger partial charge < -0.3 is 9.55 Å². The van der Waals surface area contributed by atoms with Crippen LogP contribution in [0.2, 0.25) is 5.02 Å². The normalized spacial score (nSPS) is 12.3. The average molecular weight is 259 g/mol. The molecule has 0 spiro atoms. The average Bonchev–Trinajstić information content (AvgIpc) is 2.40. The summed E-state index contributed by atoms with van der Waals surface area (Å²) in [6.45, 7) is 6.05. The first kappa shape index (κ1) is 11.6. The van der Waals surface area contributed by atoms with Gasteiger partial charge in [-0.05, 0) is 39.1 Å². The minimum atomic E-state index is -0.429. The summed E-state index contributed by atoms with van der Waals surface area (Å²) in [5.41, 5.74) is 1.29. The van der Waals surface area contributed by atoms with Gasteiger partial charge in [0.25, 0.3) is 0 Å². The van der Waals surface area contributed by atoms with Gasteiger partial charge in [-0.25, -0.2) is 4.39 Å². The van der Waals surface area contributed by atoms with Crippen LogP contribution >= 0.6 is 23.8 Å². The van der Waals surface area contributed by atoms with E-state index < -0.39 is 5.82 Å². The fraction of sp³-hybridized carbons (Fsp3) is 0.364. The molecular formula is C11H12ClFN2S. The lowest BCUT2D eigenvalue weighted by atomic mass is 10.1. The van der Waals surface area contributed by atoms with Crippen LogP contribution in [0.3, 0.4) is 0 Å². The van der Waals surface area contributed by atoms with E-state index in [1.807, 2.05) is 25.3 Å². The first-order valence-electron chi connectivity index (χ1n) is 4.91. The van der Waals surface area contributed by atoms with Gasteiger partial charge in [0.15, 0.2) is 4.77 Å². The zero-order valence-corrected chi connectivity index (χ0v) is 10.8. The molecule has 2 aromatic rings. The molecule has 0 amide bonds. The van der Waals surface area contributed by atoms with Gasteiger partial charge >= 0.3 is 0 Å². The van der Waals surface area contributed by atoms with Crippen LogP contribution in [-0.2, 0) is 5.54 Å². The van der Waals surface area contributed by atoms with Crippen LogP contribution in [-0.4, -0.2) is 9.55 Å². The van der Waals surface area contributed by atoms with Crippen molar-refractivity contribution in [1.29, 1.82) is 0 Å². The van der Waals surface area contributed by atoms with Crippen LogP contribution in [0.4, 0.5) is 4.39 Å². The van der Waals surface area contributed by atoms with E-state index in [1.54, 1.807) is 6.07 Å². The third-order valence-electron chi connectivity index (χ3n) is 2.40. The van der Waals surface area contributed by atoms with E-state index in [2.05, 4.69) is 4.98 Å². The largest absolute Gasteiger partial charge is 0.331 e. The maximum absolute atomic E-state index is 13.4. The van der Waals surface area contributed by atoms with Gasteiger partial charge in [0.2, 0.25) is 0 Å².